The molecular formula is C11H12BrFO. The molecule has 76 valence electrons. The summed E-state index contributed by atoms with van der Waals surface area (Å²) in [4.78, 5) is 10.6. The summed E-state index contributed by atoms with van der Waals surface area (Å²) in [5, 5.41) is 0. The Labute approximate surface area is 91.5 Å². The number of carbonyl (C=O) groups excluding carboxylic acids is 1. The number of hydrogen-bond acceptors (Lipinski definition) is 1. The number of ketones is 1. The van der Waals surface area contributed by atoms with Crippen molar-refractivity contribution in [1.82, 2.24) is 0 Å². The number of rotatable bonds is 3. The van der Waals surface area contributed by atoms with Crippen LogP contribution in [-0.4, -0.2) is 5.78 Å². The molecule has 0 amide bonds. The first kappa shape index (κ1) is 11.4. The van der Waals surface area contributed by atoms with Gasteiger partial charge in [0, 0.05) is 0 Å². The molecule has 0 saturated heterocycles. The highest BCUT2D eigenvalue weighted by molar-refractivity contribution is 9.09. The molecule has 1 atom stereocenters. The number of halogens is 2. The molecule has 1 nitrogen and oxygen atoms in total. The maximum atomic E-state index is 13.3. The maximum absolute atomic E-state index is 13.3. The van der Waals surface area contributed by atoms with Crippen molar-refractivity contribution in [2.24, 2.45) is 0 Å². The molecule has 0 radical (unpaired) electrons. The third-order valence-electron chi connectivity index (χ3n) is 2.11. The van der Waals surface area contributed by atoms with Gasteiger partial charge in [0.1, 0.15) is 11.6 Å². The molecule has 0 spiro atoms. The highest BCUT2D eigenvalue weighted by Crippen LogP contribution is 2.25. The standard InChI is InChI=1S/C11H12BrFO/c1-3-8-4-5-9(6-10(8)13)11(12)7(2)14/h4-6,11H,3H2,1-2H3. The summed E-state index contributed by atoms with van der Waals surface area (Å²) in [6.45, 7) is 3.37. The number of hydrogen-bond donors (Lipinski definition) is 0. The molecule has 0 heterocycles. The van der Waals surface area contributed by atoms with Gasteiger partial charge in [0.2, 0.25) is 0 Å². The second-order valence-electron chi connectivity index (χ2n) is 3.18. The van der Waals surface area contributed by atoms with Crippen LogP contribution in [-0.2, 0) is 11.2 Å². The van der Waals surface area contributed by atoms with Crippen molar-refractivity contribution in [3.63, 3.8) is 0 Å². The molecule has 1 aromatic carbocycles. The van der Waals surface area contributed by atoms with Crippen molar-refractivity contribution in [2.45, 2.75) is 25.1 Å². The Morgan fingerprint density at radius 1 is 1.57 bits per heavy atom. The van der Waals surface area contributed by atoms with E-state index < -0.39 is 4.83 Å². The third kappa shape index (κ3) is 2.41. The lowest BCUT2D eigenvalue weighted by atomic mass is 10.1. The second kappa shape index (κ2) is 4.69. The fraction of sp³-hybridized carbons (Fsp3) is 0.364. The van der Waals surface area contributed by atoms with Crippen molar-refractivity contribution in [1.29, 1.82) is 0 Å². The van der Waals surface area contributed by atoms with Crippen molar-refractivity contribution in [3.8, 4) is 0 Å². The van der Waals surface area contributed by atoms with Gasteiger partial charge in [-0.25, -0.2) is 4.39 Å². The molecule has 0 aliphatic carbocycles. The summed E-state index contributed by atoms with van der Waals surface area (Å²) in [5.41, 5.74) is 1.35. The van der Waals surface area contributed by atoms with Gasteiger partial charge in [-0.1, -0.05) is 35.0 Å². The average molecular weight is 259 g/mol. The van der Waals surface area contributed by atoms with E-state index in [1.807, 2.05) is 6.92 Å². The second-order valence-corrected chi connectivity index (χ2v) is 4.09. The Hall–Kier alpha value is -0.700. The van der Waals surface area contributed by atoms with Crippen LogP contribution in [0.1, 0.15) is 29.8 Å². The zero-order valence-electron chi connectivity index (χ0n) is 8.18. The highest BCUT2D eigenvalue weighted by atomic mass is 79.9. The van der Waals surface area contributed by atoms with E-state index in [1.165, 1.54) is 13.0 Å². The molecule has 1 rings (SSSR count). The Morgan fingerprint density at radius 2 is 2.21 bits per heavy atom. The van der Waals surface area contributed by atoms with E-state index in [-0.39, 0.29) is 11.6 Å². The van der Waals surface area contributed by atoms with Crippen LogP contribution in [0.25, 0.3) is 0 Å². The molecule has 1 unspecified atom stereocenters. The minimum Gasteiger partial charge on any atom is -0.298 e. The minimum absolute atomic E-state index is 0.0198. The summed E-state index contributed by atoms with van der Waals surface area (Å²) in [7, 11) is 0. The monoisotopic (exact) mass is 258 g/mol. The average Bonchev–Trinajstić information content (AvgIpc) is 2.16. The van der Waals surface area contributed by atoms with Crippen LogP contribution in [0.4, 0.5) is 4.39 Å². The van der Waals surface area contributed by atoms with Gasteiger partial charge in [0.15, 0.2) is 0 Å². The molecule has 0 N–H and O–H groups in total. The van der Waals surface area contributed by atoms with Gasteiger partial charge in [0.25, 0.3) is 0 Å². The first-order valence-electron chi connectivity index (χ1n) is 4.49. The Balaban J connectivity index is 3.02. The Kier molecular flexibility index (Phi) is 3.81. The van der Waals surface area contributed by atoms with Gasteiger partial charge in [-0.05, 0) is 30.5 Å². The fourth-order valence-electron chi connectivity index (χ4n) is 1.24. The van der Waals surface area contributed by atoms with Crippen molar-refractivity contribution >= 4 is 21.7 Å². The molecule has 0 saturated carbocycles. The van der Waals surface area contributed by atoms with Crippen LogP contribution < -0.4 is 0 Å². The van der Waals surface area contributed by atoms with Crippen molar-refractivity contribution in [3.05, 3.63) is 35.1 Å². The molecule has 14 heavy (non-hydrogen) atoms. The molecule has 1 aromatic rings. The quantitative estimate of drug-likeness (QED) is 0.760. The minimum atomic E-state index is -0.400. The van der Waals surface area contributed by atoms with E-state index in [4.69, 9.17) is 0 Å². The number of alkyl halides is 1. The first-order chi connectivity index (χ1) is 6.56. The van der Waals surface area contributed by atoms with Crippen LogP contribution in [0.3, 0.4) is 0 Å². The smallest absolute Gasteiger partial charge is 0.147 e. The molecule has 3 heteroatoms. The van der Waals surface area contributed by atoms with Gasteiger partial charge in [-0.3, -0.25) is 4.79 Å². The molecule has 0 fully saturated rings. The van der Waals surface area contributed by atoms with E-state index in [1.54, 1.807) is 12.1 Å². The van der Waals surface area contributed by atoms with E-state index >= 15 is 0 Å². The normalized spacial score (nSPS) is 12.6. The first-order valence-corrected chi connectivity index (χ1v) is 5.40. The summed E-state index contributed by atoms with van der Waals surface area (Å²) < 4.78 is 13.3. The van der Waals surface area contributed by atoms with Gasteiger partial charge in [-0.2, -0.15) is 0 Å². The van der Waals surface area contributed by atoms with Gasteiger partial charge >= 0.3 is 0 Å². The summed E-state index contributed by atoms with van der Waals surface area (Å²) in [6, 6.07) is 4.92. The lowest BCUT2D eigenvalue weighted by Gasteiger charge is -2.07. The largest absolute Gasteiger partial charge is 0.298 e. The third-order valence-corrected chi connectivity index (χ3v) is 3.28. The lowest BCUT2D eigenvalue weighted by Crippen LogP contribution is -2.02. The van der Waals surface area contributed by atoms with Gasteiger partial charge in [-0.15, -0.1) is 0 Å². The van der Waals surface area contributed by atoms with Gasteiger partial charge in [0.05, 0.1) is 4.83 Å². The fourth-order valence-corrected chi connectivity index (χ4v) is 1.53. The SMILES string of the molecule is CCc1ccc(C(Br)C(C)=O)cc1F. The van der Waals surface area contributed by atoms with Crippen LogP contribution in [0.5, 0.6) is 0 Å². The molecule has 0 bridgehead atoms. The molecule has 0 aliphatic heterocycles. The summed E-state index contributed by atoms with van der Waals surface area (Å²) in [6.07, 6.45) is 0.666. The summed E-state index contributed by atoms with van der Waals surface area (Å²) in [5.74, 6) is -0.260. The van der Waals surface area contributed by atoms with Crippen LogP contribution in [0.2, 0.25) is 0 Å². The number of Topliss-reactive ketones (excluding diaryl/α,β-unsaturated/α-hetero) is 1. The van der Waals surface area contributed by atoms with Crippen LogP contribution in [0, 0.1) is 5.82 Å². The van der Waals surface area contributed by atoms with E-state index in [9.17, 15) is 9.18 Å². The summed E-state index contributed by atoms with van der Waals surface area (Å²) >= 11 is 3.21. The zero-order valence-corrected chi connectivity index (χ0v) is 9.77. The van der Waals surface area contributed by atoms with Crippen LogP contribution >= 0.6 is 15.9 Å². The molecular weight excluding hydrogens is 247 g/mol. The van der Waals surface area contributed by atoms with Crippen LogP contribution in [0.15, 0.2) is 18.2 Å². The van der Waals surface area contributed by atoms with Crippen molar-refractivity contribution < 1.29 is 9.18 Å². The number of aryl methyl sites for hydroxylation is 1. The lowest BCUT2D eigenvalue weighted by molar-refractivity contribution is -0.116. The predicted octanol–water partition coefficient (Wildman–Crippen LogP) is 3.41. The Bertz CT molecular complexity index is 349. The zero-order chi connectivity index (χ0) is 10.7. The van der Waals surface area contributed by atoms with E-state index in [0.717, 1.165) is 0 Å². The van der Waals surface area contributed by atoms with E-state index in [2.05, 4.69) is 15.9 Å². The van der Waals surface area contributed by atoms with Crippen molar-refractivity contribution in [2.75, 3.05) is 0 Å². The molecule has 0 aromatic heterocycles. The maximum Gasteiger partial charge on any atom is 0.147 e. The highest BCUT2D eigenvalue weighted by Gasteiger charge is 2.13. The topological polar surface area (TPSA) is 17.1 Å². The Morgan fingerprint density at radius 3 is 2.64 bits per heavy atom. The van der Waals surface area contributed by atoms with Gasteiger partial charge < -0.3 is 0 Å². The number of carbonyl (C=O) groups is 1. The number of benzene rings is 1. The molecule has 0 aliphatic rings. The van der Waals surface area contributed by atoms with E-state index in [0.29, 0.717) is 17.5 Å². The predicted molar refractivity (Wildman–Crippen MR) is 58.1 cm³/mol.